The SMILES string of the molecule is c1ccc(-c2cc(-c3ccccc3)nc(-c3cc(-c4nc(-c5ccccc5)cc(-c5ccccc5)n4)cc(-n4c5ccccc5c5ccc6c7ccccc7sc6c54)c3)n2)cc1. The summed E-state index contributed by atoms with van der Waals surface area (Å²) >= 11 is 1.84. The van der Waals surface area contributed by atoms with E-state index in [9.17, 15) is 0 Å². The molecule has 0 fully saturated rings. The van der Waals surface area contributed by atoms with Crippen LogP contribution >= 0.6 is 11.3 Å². The van der Waals surface area contributed by atoms with Crippen molar-refractivity contribution in [3.63, 3.8) is 0 Å². The van der Waals surface area contributed by atoms with Gasteiger partial charge in [-0.25, -0.2) is 19.9 Å². The second-order valence-electron chi connectivity index (χ2n) is 15.4. The second kappa shape index (κ2) is 14.9. The van der Waals surface area contributed by atoms with Crippen molar-refractivity contribution in [1.82, 2.24) is 24.5 Å². The molecule has 62 heavy (non-hydrogen) atoms. The molecule has 0 saturated carbocycles. The van der Waals surface area contributed by atoms with Crippen molar-refractivity contribution in [2.45, 2.75) is 0 Å². The first kappa shape index (κ1) is 35.8. The fourth-order valence-electron chi connectivity index (χ4n) is 8.68. The molecule has 0 spiro atoms. The number of aromatic nitrogens is 5. The maximum Gasteiger partial charge on any atom is 0.160 e. The third-order valence-corrected chi connectivity index (χ3v) is 12.8. The highest BCUT2D eigenvalue weighted by Gasteiger charge is 2.21. The van der Waals surface area contributed by atoms with Crippen LogP contribution in [-0.4, -0.2) is 24.5 Å². The summed E-state index contributed by atoms with van der Waals surface area (Å²) in [5.41, 5.74) is 12.4. The first-order valence-electron chi connectivity index (χ1n) is 20.7. The zero-order chi connectivity index (χ0) is 41.0. The highest BCUT2D eigenvalue weighted by molar-refractivity contribution is 7.26. The van der Waals surface area contributed by atoms with E-state index in [0.29, 0.717) is 11.6 Å². The van der Waals surface area contributed by atoms with Gasteiger partial charge in [0.15, 0.2) is 11.6 Å². The lowest BCUT2D eigenvalue weighted by molar-refractivity contribution is 1.15. The maximum absolute atomic E-state index is 5.33. The van der Waals surface area contributed by atoms with Crippen molar-refractivity contribution < 1.29 is 0 Å². The minimum absolute atomic E-state index is 0.614. The first-order valence-corrected chi connectivity index (χ1v) is 21.5. The highest BCUT2D eigenvalue weighted by Crippen LogP contribution is 2.44. The molecular formula is C56H35N5S. The zero-order valence-electron chi connectivity index (χ0n) is 33.4. The van der Waals surface area contributed by atoms with Gasteiger partial charge in [0.1, 0.15) is 0 Å². The van der Waals surface area contributed by atoms with Crippen molar-refractivity contribution >= 4 is 53.3 Å². The molecule has 4 heterocycles. The van der Waals surface area contributed by atoms with Crippen LogP contribution in [0, 0.1) is 0 Å². The van der Waals surface area contributed by atoms with Crippen LogP contribution in [0.4, 0.5) is 0 Å². The van der Waals surface area contributed by atoms with Crippen LogP contribution in [0.25, 0.3) is 115 Å². The van der Waals surface area contributed by atoms with Crippen molar-refractivity contribution in [1.29, 1.82) is 0 Å². The molecule has 0 aliphatic rings. The molecule has 0 radical (unpaired) electrons. The molecule has 0 atom stereocenters. The number of fused-ring (bicyclic) bond motifs is 7. The van der Waals surface area contributed by atoms with Gasteiger partial charge in [-0.3, -0.25) is 0 Å². The quantitative estimate of drug-likeness (QED) is 0.161. The topological polar surface area (TPSA) is 56.5 Å². The van der Waals surface area contributed by atoms with Gasteiger partial charge in [-0.2, -0.15) is 0 Å². The van der Waals surface area contributed by atoms with Gasteiger partial charge in [0.25, 0.3) is 0 Å². The standard InChI is InChI=1S/C56H35N5S/c1-5-17-36(18-6-1)47-34-48(37-19-7-2-8-20-37)58-55(57-47)40-31-41(56-59-49(38-21-9-3-10-22-38)35-50(60-56)39-23-11-4-12-24-39)33-42(32-40)61-51-27-15-13-25-43(51)45-29-30-46-44-26-14-16-28-52(44)62-54(46)53(45)61/h1-35H. The number of thiophene rings is 1. The van der Waals surface area contributed by atoms with E-state index in [4.69, 9.17) is 19.9 Å². The Morgan fingerprint density at radius 1 is 0.323 bits per heavy atom. The van der Waals surface area contributed by atoms with Gasteiger partial charge in [-0.15, -0.1) is 11.3 Å². The molecule has 290 valence electrons. The van der Waals surface area contributed by atoms with E-state index in [0.717, 1.165) is 67.4 Å². The molecule has 0 aliphatic carbocycles. The summed E-state index contributed by atoms with van der Waals surface area (Å²) < 4.78 is 4.93. The molecule has 5 nitrogen and oxygen atoms in total. The number of rotatable bonds is 7. The maximum atomic E-state index is 5.33. The summed E-state index contributed by atoms with van der Waals surface area (Å²) in [6.45, 7) is 0. The zero-order valence-corrected chi connectivity index (χ0v) is 34.2. The minimum atomic E-state index is 0.614. The lowest BCUT2D eigenvalue weighted by atomic mass is 10.0. The summed E-state index contributed by atoms with van der Waals surface area (Å²) in [5, 5.41) is 4.90. The number of benzene rings is 8. The number of nitrogens with zero attached hydrogens (tertiary/aromatic N) is 5. The normalized spacial score (nSPS) is 11.5. The smallest absolute Gasteiger partial charge is 0.160 e. The van der Waals surface area contributed by atoms with E-state index >= 15 is 0 Å². The van der Waals surface area contributed by atoms with Gasteiger partial charge in [-0.05, 0) is 42.5 Å². The summed E-state index contributed by atoms with van der Waals surface area (Å²) in [5.74, 6) is 1.23. The largest absolute Gasteiger partial charge is 0.308 e. The Kier molecular flexibility index (Phi) is 8.61. The summed E-state index contributed by atoms with van der Waals surface area (Å²) in [6, 6.07) is 74.2. The van der Waals surface area contributed by atoms with Crippen LogP contribution in [0.1, 0.15) is 0 Å². The molecule has 0 amide bonds. The number of para-hydroxylation sites is 1. The van der Waals surface area contributed by atoms with E-state index in [-0.39, 0.29) is 0 Å². The summed E-state index contributed by atoms with van der Waals surface area (Å²) in [7, 11) is 0. The fraction of sp³-hybridized carbons (Fsp3) is 0. The van der Waals surface area contributed by atoms with Gasteiger partial charge >= 0.3 is 0 Å². The van der Waals surface area contributed by atoms with Crippen molar-refractivity contribution in [3.8, 4) is 73.5 Å². The lowest BCUT2D eigenvalue weighted by Gasteiger charge is -2.15. The van der Waals surface area contributed by atoms with Crippen LogP contribution in [0.5, 0.6) is 0 Å². The van der Waals surface area contributed by atoms with E-state index in [1.807, 2.05) is 35.6 Å². The molecule has 0 saturated heterocycles. The van der Waals surface area contributed by atoms with Crippen molar-refractivity contribution in [2.75, 3.05) is 0 Å². The van der Waals surface area contributed by atoms with Crippen LogP contribution in [0.15, 0.2) is 212 Å². The Balaban J connectivity index is 1.18. The monoisotopic (exact) mass is 809 g/mol. The average molecular weight is 810 g/mol. The molecule has 12 aromatic rings. The van der Waals surface area contributed by atoms with Crippen LogP contribution < -0.4 is 0 Å². The summed E-state index contributed by atoms with van der Waals surface area (Å²) in [6.07, 6.45) is 0. The Labute approximate surface area is 361 Å². The van der Waals surface area contributed by atoms with E-state index in [1.165, 1.54) is 36.5 Å². The summed E-state index contributed by atoms with van der Waals surface area (Å²) in [4.78, 5) is 21.3. The highest BCUT2D eigenvalue weighted by atomic mass is 32.1. The van der Waals surface area contributed by atoms with Gasteiger partial charge < -0.3 is 4.57 Å². The van der Waals surface area contributed by atoms with E-state index in [2.05, 4.69) is 193 Å². The molecule has 12 rings (SSSR count). The molecule has 0 aliphatic heterocycles. The van der Waals surface area contributed by atoms with E-state index < -0.39 is 0 Å². The molecule has 8 aromatic carbocycles. The van der Waals surface area contributed by atoms with Crippen LogP contribution in [0.2, 0.25) is 0 Å². The van der Waals surface area contributed by atoms with Gasteiger partial charge in [-0.1, -0.05) is 170 Å². The molecular weight excluding hydrogens is 775 g/mol. The molecule has 0 unspecified atom stereocenters. The first-order chi connectivity index (χ1) is 30.7. The third kappa shape index (κ3) is 6.24. The molecule has 6 heteroatoms. The van der Waals surface area contributed by atoms with Gasteiger partial charge in [0.05, 0.1) is 38.5 Å². The number of hydrogen-bond acceptors (Lipinski definition) is 5. The average Bonchev–Trinajstić information content (AvgIpc) is 3.91. The number of hydrogen-bond donors (Lipinski definition) is 0. The Morgan fingerprint density at radius 3 is 1.24 bits per heavy atom. The van der Waals surface area contributed by atoms with Crippen LogP contribution in [-0.2, 0) is 0 Å². The van der Waals surface area contributed by atoms with Crippen LogP contribution in [0.3, 0.4) is 0 Å². The second-order valence-corrected chi connectivity index (χ2v) is 16.5. The molecule has 0 bridgehead atoms. The Morgan fingerprint density at radius 2 is 0.742 bits per heavy atom. The predicted octanol–water partition coefficient (Wildman–Crippen LogP) is 14.7. The Bertz CT molecular complexity index is 3360. The van der Waals surface area contributed by atoms with Gasteiger partial charge in [0.2, 0.25) is 0 Å². The lowest BCUT2D eigenvalue weighted by Crippen LogP contribution is -2.01. The Hall–Kier alpha value is -8.06. The van der Waals surface area contributed by atoms with E-state index in [1.54, 1.807) is 0 Å². The molecule has 0 N–H and O–H groups in total. The third-order valence-electron chi connectivity index (χ3n) is 11.6. The predicted molar refractivity (Wildman–Crippen MR) is 257 cm³/mol. The molecule has 4 aromatic heterocycles. The van der Waals surface area contributed by atoms with Crippen molar-refractivity contribution in [3.05, 3.63) is 212 Å². The van der Waals surface area contributed by atoms with Gasteiger partial charge in [0, 0.05) is 65.3 Å². The minimum Gasteiger partial charge on any atom is -0.308 e. The van der Waals surface area contributed by atoms with Crippen molar-refractivity contribution in [2.24, 2.45) is 0 Å². The fourth-order valence-corrected chi connectivity index (χ4v) is 9.92.